The molecule has 6 heteroatoms. The molecule has 2 unspecified atom stereocenters. The van der Waals surface area contributed by atoms with E-state index in [1.54, 1.807) is 0 Å². The monoisotopic (exact) mass is 230 g/mol. The number of hydrogen-bond acceptors (Lipinski definition) is 4. The lowest BCUT2D eigenvalue weighted by atomic mass is 10.0. The molecule has 0 bridgehead atoms. The van der Waals surface area contributed by atoms with Crippen LogP contribution < -0.4 is 5.32 Å². The van der Waals surface area contributed by atoms with Crippen molar-refractivity contribution in [2.45, 2.75) is 31.8 Å². The minimum absolute atomic E-state index is 0.0174. The van der Waals surface area contributed by atoms with Crippen LogP contribution in [0.25, 0.3) is 0 Å². The van der Waals surface area contributed by atoms with Crippen LogP contribution in [0.15, 0.2) is 0 Å². The molecule has 1 aliphatic heterocycles. The summed E-state index contributed by atoms with van der Waals surface area (Å²) in [6.07, 6.45) is 0.577. The third-order valence-electron chi connectivity index (χ3n) is 2.88. The minimum atomic E-state index is -0.899. The molecule has 0 aromatic rings. The van der Waals surface area contributed by atoms with Gasteiger partial charge in [-0.25, -0.2) is 4.79 Å². The Morgan fingerprint density at radius 2 is 2.31 bits per heavy atom. The molecule has 0 saturated carbocycles. The molecule has 0 aromatic carbocycles. The molecule has 0 aliphatic carbocycles. The molecule has 1 heterocycles. The topological polar surface area (TPSA) is 78.9 Å². The summed E-state index contributed by atoms with van der Waals surface area (Å²) in [5.74, 6) is -0.302. The Labute approximate surface area is 94.6 Å². The number of methoxy groups -OCH3 is 1. The van der Waals surface area contributed by atoms with Crippen LogP contribution in [0.2, 0.25) is 0 Å². The third kappa shape index (κ3) is 2.85. The third-order valence-corrected chi connectivity index (χ3v) is 2.88. The van der Waals surface area contributed by atoms with E-state index >= 15 is 0 Å². The molecule has 1 saturated heterocycles. The Morgan fingerprint density at radius 3 is 2.69 bits per heavy atom. The van der Waals surface area contributed by atoms with Crippen molar-refractivity contribution in [2.75, 3.05) is 20.2 Å². The van der Waals surface area contributed by atoms with Crippen LogP contribution in [0.5, 0.6) is 0 Å². The predicted octanol–water partition coefficient (Wildman–Crippen LogP) is 0.280. The molecule has 1 aliphatic rings. The Kier molecular flexibility index (Phi) is 4.54. The molecular formula is C10H18N2O4. The van der Waals surface area contributed by atoms with Gasteiger partial charge in [-0.2, -0.15) is 0 Å². The smallest absolute Gasteiger partial charge is 0.407 e. The van der Waals surface area contributed by atoms with Crippen LogP contribution in [0.3, 0.4) is 0 Å². The summed E-state index contributed by atoms with van der Waals surface area (Å²) in [5, 5.41) is 11.8. The number of carboxylic acid groups (broad SMARTS) is 1. The van der Waals surface area contributed by atoms with Crippen molar-refractivity contribution in [3.8, 4) is 0 Å². The number of rotatable bonds is 5. The van der Waals surface area contributed by atoms with Gasteiger partial charge in [0.1, 0.15) is 6.04 Å². The number of carbonyl (C=O) groups excluding carboxylic acids is 1. The lowest BCUT2D eigenvalue weighted by molar-refractivity contribution is -0.143. The van der Waals surface area contributed by atoms with E-state index in [1.165, 1.54) is 12.0 Å². The second kappa shape index (κ2) is 5.69. The number of nitrogens with one attached hydrogen (secondary N) is 1. The van der Waals surface area contributed by atoms with E-state index in [1.807, 2.05) is 6.92 Å². The molecular weight excluding hydrogens is 212 g/mol. The van der Waals surface area contributed by atoms with E-state index in [9.17, 15) is 9.59 Å². The Balaban J connectivity index is 2.33. The van der Waals surface area contributed by atoms with Crippen molar-refractivity contribution in [3.05, 3.63) is 0 Å². The number of ether oxygens (including phenoxy) is 1. The van der Waals surface area contributed by atoms with Gasteiger partial charge in [0.2, 0.25) is 0 Å². The van der Waals surface area contributed by atoms with Gasteiger partial charge in [0.05, 0.1) is 7.11 Å². The van der Waals surface area contributed by atoms with E-state index in [-0.39, 0.29) is 18.1 Å². The molecule has 6 nitrogen and oxygen atoms in total. The second-order valence-corrected chi connectivity index (χ2v) is 3.81. The molecule has 0 spiro atoms. The van der Waals surface area contributed by atoms with Crippen molar-refractivity contribution in [1.29, 1.82) is 0 Å². The lowest BCUT2D eigenvalue weighted by Gasteiger charge is -2.39. The normalized spacial score (nSPS) is 21.1. The van der Waals surface area contributed by atoms with Crippen LogP contribution in [0.1, 0.15) is 19.8 Å². The maximum atomic E-state index is 11.3. The predicted molar refractivity (Wildman–Crippen MR) is 57.2 cm³/mol. The fourth-order valence-corrected chi connectivity index (χ4v) is 1.72. The van der Waals surface area contributed by atoms with Crippen molar-refractivity contribution in [2.24, 2.45) is 0 Å². The molecule has 0 radical (unpaired) electrons. The van der Waals surface area contributed by atoms with Crippen LogP contribution >= 0.6 is 0 Å². The first kappa shape index (κ1) is 12.8. The first-order valence-corrected chi connectivity index (χ1v) is 5.41. The van der Waals surface area contributed by atoms with Gasteiger partial charge in [-0.15, -0.1) is 0 Å². The van der Waals surface area contributed by atoms with E-state index in [0.717, 1.165) is 6.42 Å². The van der Waals surface area contributed by atoms with Gasteiger partial charge in [0.25, 0.3) is 0 Å². The molecule has 0 aromatic heterocycles. The van der Waals surface area contributed by atoms with E-state index in [4.69, 9.17) is 5.11 Å². The van der Waals surface area contributed by atoms with Gasteiger partial charge in [0.15, 0.2) is 0 Å². The molecule has 2 atom stereocenters. The van der Waals surface area contributed by atoms with Crippen molar-refractivity contribution < 1.29 is 19.4 Å². The van der Waals surface area contributed by atoms with Gasteiger partial charge >= 0.3 is 12.1 Å². The fourth-order valence-electron chi connectivity index (χ4n) is 1.72. The first-order valence-electron chi connectivity index (χ1n) is 5.41. The van der Waals surface area contributed by atoms with Gasteiger partial charge in [-0.05, 0) is 12.8 Å². The zero-order valence-corrected chi connectivity index (χ0v) is 9.60. The summed E-state index contributed by atoms with van der Waals surface area (Å²) in [6.45, 7) is 2.96. The average molecular weight is 230 g/mol. The maximum absolute atomic E-state index is 11.3. The fraction of sp³-hybridized carbons (Fsp3) is 0.800. The highest BCUT2D eigenvalue weighted by Gasteiger charge is 2.32. The highest BCUT2D eigenvalue weighted by Crippen LogP contribution is 2.16. The zero-order valence-electron chi connectivity index (χ0n) is 9.60. The van der Waals surface area contributed by atoms with Crippen molar-refractivity contribution >= 4 is 12.1 Å². The van der Waals surface area contributed by atoms with E-state index in [2.05, 4.69) is 10.1 Å². The SMILES string of the molecule is CCC(NCC1CCN1C(=O)O)C(=O)OC. The molecule has 1 amide bonds. The number of amides is 1. The number of carbonyl (C=O) groups is 2. The van der Waals surface area contributed by atoms with E-state index < -0.39 is 6.09 Å². The summed E-state index contributed by atoms with van der Waals surface area (Å²) >= 11 is 0. The summed E-state index contributed by atoms with van der Waals surface area (Å²) in [6, 6.07) is -0.363. The van der Waals surface area contributed by atoms with Crippen molar-refractivity contribution in [3.63, 3.8) is 0 Å². The average Bonchev–Trinajstić information content (AvgIpc) is 2.20. The summed E-state index contributed by atoms with van der Waals surface area (Å²) in [4.78, 5) is 23.3. The molecule has 1 rings (SSSR count). The zero-order chi connectivity index (χ0) is 12.1. The second-order valence-electron chi connectivity index (χ2n) is 3.81. The van der Waals surface area contributed by atoms with E-state index in [0.29, 0.717) is 19.5 Å². The standard InChI is InChI=1S/C10H18N2O4/c1-3-8(9(13)16-2)11-6-7-4-5-12(7)10(14)15/h7-8,11H,3-6H2,1-2H3,(H,14,15). The quantitative estimate of drug-likeness (QED) is 0.663. The van der Waals surface area contributed by atoms with Crippen LogP contribution in [0.4, 0.5) is 4.79 Å². The number of nitrogens with zero attached hydrogens (tertiary/aromatic N) is 1. The first-order chi connectivity index (χ1) is 7.60. The van der Waals surface area contributed by atoms with Gasteiger partial charge in [-0.1, -0.05) is 6.92 Å². The molecule has 16 heavy (non-hydrogen) atoms. The maximum Gasteiger partial charge on any atom is 0.407 e. The summed E-state index contributed by atoms with van der Waals surface area (Å²) in [5.41, 5.74) is 0. The van der Waals surface area contributed by atoms with Crippen LogP contribution in [-0.4, -0.2) is 54.4 Å². The highest BCUT2D eigenvalue weighted by atomic mass is 16.5. The molecule has 92 valence electrons. The number of hydrogen-bond donors (Lipinski definition) is 2. The van der Waals surface area contributed by atoms with Crippen LogP contribution in [-0.2, 0) is 9.53 Å². The van der Waals surface area contributed by atoms with Gasteiger partial charge < -0.3 is 20.1 Å². The Morgan fingerprint density at radius 1 is 1.62 bits per heavy atom. The van der Waals surface area contributed by atoms with Gasteiger partial charge in [-0.3, -0.25) is 4.79 Å². The Hall–Kier alpha value is -1.30. The van der Waals surface area contributed by atoms with Crippen LogP contribution in [0, 0.1) is 0 Å². The highest BCUT2D eigenvalue weighted by molar-refractivity contribution is 5.75. The number of likely N-dealkylation sites (tertiary alicyclic amines) is 1. The summed E-state index contributed by atoms with van der Waals surface area (Å²) < 4.78 is 4.63. The Bertz CT molecular complexity index is 270. The van der Waals surface area contributed by atoms with Gasteiger partial charge in [0, 0.05) is 19.1 Å². The lowest BCUT2D eigenvalue weighted by Crippen LogP contribution is -2.56. The largest absolute Gasteiger partial charge is 0.468 e. The summed E-state index contributed by atoms with van der Waals surface area (Å²) in [7, 11) is 1.35. The minimum Gasteiger partial charge on any atom is -0.468 e. The van der Waals surface area contributed by atoms with Crippen molar-refractivity contribution in [1.82, 2.24) is 10.2 Å². The molecule has 1 fully saturated rings. The molecule has 2 N–H and O–H groups in total. The number of esters is 1.